The van der Waals surface area contributed by atoms with Crippen LogP contribution in [0.1, 0.15) is 0 Å². The van der Waals surface area contributed by atoms with Gasteiger partial charge in [-0.05, 0) is 30.3 Å². The van der Waals surface area contributed by atoms with Gasteiger partial charge in [0.25, 0.3) is 15.7 Å². The summed E-state index contributed by atoms with van der Waals surface area (Å²) in [7, 11) is -4.22. The molecule has 0 saturated heterocycles. The number of hydrogen-bond donors (Lipinski definition) is 2. The SMILES string of the molecule is O=[N+]([O-])c1cccc(S(=O)(=O)Nc2nc3ccccc3nc2Nc2cccc3ocnc23)c1. The number of oxazole rings is 1. The molecule has 12 heteroatoms. The van der Waals surface area contributed by atoms with E-state index in [2.05, 4.69) is 25.0 Å². The lowest BCUT2D eigenvalue weighted by atomic mass is 10.2. The van der Waals surface area contributed by atoms with Crippen LogP contribution in [0.15, 0.2) is 82.4 Å². The van der Waals surface area contributed by atoms with Crippen molar-refractivity contribution in [1.82, 2.24) is 15.0 Å². The van der Waals surface area contributed by atoms with Crippen LogP contribution in [0.2, 0.25) is 0 Å². The molecule has 0 atom stereocenters. The number of benzene rings is 3. The van der Waals surface area contributed by atoms with Gasteiger partial charge in [0.2, 0.25) is 0 Å². The standard InChI is InChI=1S/C21H14N6O5S/c28-27(29)13-5-3-6-14(11-13)33(30,31)26-21-20(23-15-7-1-2-8-16(15)24-21)25-17-9-4-10-18-19(17)22-12-32-18/h1-12H,(H,23,25)(H,24,26). The monoisotopic (exact) mass is 462 g/mol. The normalized spacial score (nSPS) is 11.5. The molecule has 5 aromatic rings. The van der Waals surface area contributed by atoms with Crippen molar-refractivity contribution in [3.8, 4) is 0 Å². The van der Waals surface area contributed by atoms with Crippen LogP contribution in [0, 0.1) is 10.1 Å². The summed E-state index contributed by atoms with van der Waals surface area (Å²) in [6.45, 7) is 0. The van der Waals surface area contributed by atoms with E-state index in [9.17, 15) is 18.5 Å². The van der Waals surface area contributed by atoms with Crippen molar-refractivity contribution in [3.05, 3.63) is 83.2 Å². The zero-order chi connectivity index (χ0) is 23.0. The first-order chi connectivity index (χ1) is 15.9. The Bertz CT molecular complexity index is 1630. The van der Waals surface area contributed by atoms with Crippen molar-refractivity contribution in [1.29, 1.82) is 0 Å². The molecule has 0 aliphatic heterocycles. The van der Waals surface area contributed by atoms with Crippen molar-refractivity contribution in [2.45, 2.75) is 4.90 Å². The second kappa shape index (κ2) is 7.84. The highest BCUT2D eigenvalue weighted by Crippen LogP contribution is 2.30. The molecule has 0 bridgehead atoms. The molecule has 0 aliphatic carbocycles. The molecular weight excluding hydrogens is 448 g/mol. The van der Waals surface area contributed by atoms with Crippen molar-refractivity contribution in [2.75, 3.05) is 10.0 Å². The summed E-state index contributed by atoms with van der Waals surface area (Å²) in [6, 6.07) is 16.9. The van der Waals surface area contributed by atoms with E-state index in [1.807, 2.05) is 0 Å². The van der Waals surface area contributed by atoms with Crippen LogP contribution < -0.4 is 10.0 Å². The predicted molar refractivity (Wildman–Crippen MR) is 121 cm³/mol. The summed E-state index contributed by atoms with van der Waals surface area (Å²) in [5.41, 5.74) is 2.23. The van der Waals surface area contributed by atoms with Gasteiger partial charge in [0.15, 0.2) is 23.6 Å². The van der Waals surface area contributed by atoms with Gasteiger partial charge in [-0.15, -0.1) is 0 Å². The molecule has 3 aromatic carbocycles. The van der Waals surface area contributed by atoms with E-state index in [0.717, 1.165) is 6.07 Å². The second-order valence-electron chi connectivity index (χ2n) is 6.90. The van der Waals surface area contributed by atoms with E-state index in [0.29, 0.717) is 27.8 Å². The number of nitro groups is 1. The van der Waals surface area contributed by atoms with Gasteiger partial charge in [-0.2, -0.15) is 0 Å². The Morgan fingerprint density at radius 1 is 0.909 bits per heavy atom. The largest absolute Gasteiger partial charge is 0.443 e. The van der Waals surface area contributed by atoms with Crippen molar-refractivity contribution in [2.24, 2.45) is 0 Å². The van der Waals surface area contributed by atoms with Gasteiger partial charge in [0.1, 0.15) is 5.52 Å². The first-order valence-corrected chi connectivity index (χ1v) is 11.0. The van der Waals surface area contributed by atoms with Crippen LogP contribution in [-0.4, -0.2) is 28.3 Å². The van der Waals surface area contributed by atoms with E-state index >= 15 is 0 Å². The quantitative estimate of drug-likeness (QED) is 0.279. The van der Waals surface area contributed by atoms with Crippen LogP contribution in [0.4, 0.5) is 23.0 Å². The Morgan fingerprint density at radius 2 is 1.64 bits per heavy atom. The number of nitrogens with zero attached hydrogens (tertiary/aromatic N) is 4. The minimum absolute atomic E-state index is 0.0827. The number of non-ortho nitro benzene ring substituents is 1. The minimum Gasteiger partial charge on any atom is -0.443 e. The van der Waals surface area contributed by atoms with Gasteiger partial charge in [-0.25, -0.2) is 23.4 Å². The Hall–Kier alpha value is -4.58. The highest BCUT2D eigenvalue weighted by Gasteiger charge is 2.21. The number of sulfonamides is 1. The Balaban J connectivity index is 1.60. The Morgan fingerprint density at radius 3 is 2.39 bits per heavy atom. The fourth-order valence-corrected chi connectivity index (χ4v) is 4.27. The maximum absolute atomic E-state index is 13.0. The minimum atomic E-state index is -4.22. The van der Waals surface area contributed by atoms with Crippen LogP contribution >= 0.6 is 0 Å². The van der Waals surface area contributed by atoms with Crippen molar-refractivity contribution >= 4 is 55.2 Å². The number of anilines is 3. The maximum Gasteiger partial charge on any atom is 0.270 e. The molecule has 0 saturated carbocycles. The second-order valence-corrected chi connectivity index (χ2v) is 8.58. The van der Waals surface area contributed by atoms with Crippen molar-refractivity contribution < 1.29 is 17.8 Å². The molecule has 0 fully saturated rings. The Labute approximate surface area is 186 Å². The van der Waals surface area contributed by atoms with Crippen LogP contribution in [0.25, 0.3) is 22.1 Å². The van der Waals surface area contributed by atoms with Gasteiger partial charge >= 0.3 is 0 Å². The highest BCUT2D eigenvalue weighted by molar-refractivity contribution is 7.92. The lowest BCUT2D eigenvalue weighted by Gasteiger charge is -2.14. The average Bonchev–Trinajstić information content (AvgIpc) is 3.29. The van der Waals surface area contributed by atoms with Gasteiger partial charge in [-0.1, -0.05) is 24.3 Å². The number of para-hydroxylation sites is 3. The van der Waals surface area contributed by atoms with E-state index in [-0.39, 0.29) is 22.2 Å². The predicted octanol–water partition coefficient (Wildman–Crippen LogP) is 4.22. The van der Waals surface area contributed by atoms with E-state index < -0.39 is 14.9 Å². The van der Waals surface area contributed by atoms with Gasteiger partial charge in [0.05, 0.1) is 26.5 Å². The maximum atomic E-state index is 13.0. The fourth-order valence-electron chi connectivity index (χ4n) is 3.22. The lowest BCUT2D eigenvalue weighted by Crippen LogP contribution is -2.16. The number of hydrogen-bond acceptors (Lipinski definition) is 9. The van der Waals surface area contributed by atoms with Gasteiger partial charge < -0.3 is 9.73 Å². The van der Waals surface area contributed by atoms with Crippen LogP contribution in [0.3, 0.4) is 0 Å². The summed E-state index contributed by atoms with van der Waals surface area (Å²) in [5, 5.41) is 14.1. The molecule has 33 heavy (non-hydrogen) atoms. The third-order valence-electron chi connectivity index (χ3n) is 4.75. The summed E-state index contributed by atoms with van der Waals surface area (Å²) < 4.78 is 33.8. The molecule has 11 nitrogen and oxygen atoms in total. The summed E-state index contributed by atoms with van der Waals surface area (Å²) in [4.78, 5) is 23.2. The molecule has 5 rings (SSSR count). The molecule has 0 radical (unpaired) electrons. The molecule has 0 aliphatic rings. The fraction of sp³-hybridized carbons (Fsp3) is 0. The van der Waals surface area contributed by atoms with E-state index in [1.54, 1.807) is 42.5 Å². The summed E-state index contributed by atoms with van der Waals surface area (Å²) in [5.74, 6) is 0.0407. The van der Waals surface area contributed by atoms with E-state index in [4.69, 9.17) is 4.42 Å². The third kappa shape index (κ3) is 3.90. The average molecular weight is 462 g/mol. The first kappa shape index (κ1) is 20.3. The molecule has 164 valence electrons. The summed E-state index contributed by atoms with van der Waals surface area (Å²) in [6.07, 6.45) is 1.30. The zero-order valence-corrected chi connectivity index (χ0v) is 17.5. The number of aromatic nitrogens is 3. The van der Waals surface area contributed by atoms with Crippen LogP contribution in [-0.2, 0) is 10.0 Å². The molecular formula is C21H14N6O5S. The van der Waals surface area contributed by atoms with Crippen molar-refractivity contribution in [3.63, 3.8) is 0 Å². The highest BCUT2D eigenvalue weighted by atomic mass is 32.2. The number of rotatable bonds is 6. The number of nitrogens with one attached hydrogen (secondary N) is 2. The van der Waals surface area contributed by atoms with Gasteiger partial charge in [0, 0.05) is 12.1 Å². The van der Waals surface area contributed by atoms with E-state index in [1.165, 1.54) is 24.6 Å². The summed E-state index contributed by atoms with van der Waals surface area (Å²) >= 11 is 0. The molecule has 2 heterocycles. The zero-order valence-electron chi connectivity index (χ0n) is 16.7. The first-order valence-electron chi connectivity index (χ1n) is 9.54. The Kier molecular flexibility index (Phi) is 4.83. The number of nitro benzene ring substituents is 1. The molecule has 2 aromatic heterocycles. The molecule has 0 unspecified atom stereocenters. The smallest absolute Gasteiger partial charge is 0.270 e. The topological polar surface area (TPSA) is 153 Å². The van der Waals surface area contributed by atoms with Gasteiger partial charge in [-0.3, -0.25) is 14.8 Å². The molecule has 0 spiro atoms. The molecule has 2 N–H and O–H groups in total. The number of fused-ring (bicyclic) bond motifs is 2. The molecule has 0 amide bonds. The van der Waals surface area contributed by atoms with Crippen LogP contribution in [0.5, 0.6) is 0 Å². The third-order valence-corrected chi connectivity index (χ3v) is 6.09. The lowest BCUT2D eigenvalue weighted by molar-refractivity contribution is -0.385.